The molecule has 0 aromatic carbocycles. The zero-order valence-electron chi connectivity index (χ0n) is 8.97. The molecule has 0 aliphatic heterocycles. The minimum Gasteiger partial charge on any atom is -0.0654 e. The number of hydrogen-bond acceptors (Lipinski definition) is 0. The Balaban J connectivity index is 2.12. The van der Waals surface area contributed by atoms with Crippen molar-refractivity contribution in [3.8, 4) is 0 Å². The van der Waals surface area contributed by atoms with Gasteiger partial charge in [-0.1, -0.05) is 46.5 Å². The van der Waals surface area contributed by atoms with Crippen molar-refractivity contribution >= 4 is 0 Å². The smallest absolute Gasteiger partial charge is 0.0360 e. The van der Waals surface area contributed by atoms with Crippen LogP contribution in [0.1, 0.15) is 59.3 Å². The molecule has 1 aliphatic carbocycles. The number of rotatable bonds is 5. The Morgan fingerprint density at radius 2 is 1.92 bits per heavy atom. The summed E-state index contributed by atoms with van der Waals surface area (Å²) < 4.78 is 0. The van der Waals surface area contributed by atoms with Gasteiger partial charge in [-0.3, -0.25) is 0 Å². The maximum atomic E-state index is 2.43. The van der Waals surface area contributed by atoms with Crippen molar-refractivity contribution in [3.05, 3.63) is 0 Å². The van der Waals surface area contributed by atoms with Crippen LogP contribution in [0, 0.1) is 17.8 Å². The minimum atomic E-state index is 1.03. The molecule has 0 aromatic rings. The summed E-state index contributed by atoms with van der Waals surface area (Å²) in [6.07, 6.45) is 8.72. The molecular weight excluding hydrogens is 144 g/mol. The van der Waals surface area contributed by atoms with Crippen LogP contribution in [0.3, 0.4) is 0 Å². The summed E-state index contributed by atoms with van der Waals surface area (Å²) >= 11 is 0. The van der Waals surface area contributed by atoms with E-state index in [0.717, 1.165) is 17.8 Å². The maximum Gasteiger partial charge on any atom is -0.0360 e. The Kier molecular flexibility index (Phi) is 4.11. The molecule has 12 heavy (non-hydrogen) atoms. The van der Waals surface area contributed by atoms with Crippen LogP contribution in [0.25, 0.3) is 0 Å². The maximum absolute atomic E-state index is 2.43. The molecule has 1 aliphatic rings. The molecule has 0 N–H and O–H groups in total. The summed E-state index contributed by atoms with van der Waals surface area (Å²) in [5.74, 6) is 3.20. The monoisotopic (exact) mass is 168 g/mol. The van der Waals surface area contributed by atoms with E-state index in [2.05, 4.69) is 20.8 Å². The minimum absolute atomic E-state index is 1.03. The van der Waals surface area contributed by atoms with Crippen molar-refractivity contribution in [1.82, 2.24) is 0 Å². The molecule has 0 bridgehead atoms. The van der Waals surface area contributed by atoms with Gasteiger partial charge >= 0.3 is 0 Å². The Hall–Kier alpha value is 0. The molecule has 72 valence electrons. The lowest BCUT2D eigenvalue weighted by molar-refractivity contribution is 0.0715. The molecule has 1 rings (SSSR count). The first-order chi connectivity index (χ1) is 5.79. The van der Waals surface area contributed by atoms with E-state index >= 15 is 0 Å². The first-order valence-corrected chi connectivity index (χ1v) is 5.79. The third-order valence-electron chi connectivity index (χ3n) is 3.68. The van der Waals surface area contributed by atoms with Crippen LogP contribution in [0.4, 0.5) is 0 Å². The highest BCUT2D eigenvalue weighted by atomic mass is 14.4. The number of unbranched alkanes of at least 4 members (excludes halogenated alkanes) is 2. The lowest BCUT2D eigenvalue weighted by atomic mass is 9.63. The number of hydrogen-bond donors (Lipinski definition) is 0. The fourth-order valence-electron chi connectivity index (χ4n) is 2.72. The van der Waals surface area contributed by atoms with E-state index in [9.17, 15) is 0 Å². The van der Waals surface area contributed by atoms with Crippen LogP contribution >= 0.6 is 0 Å². The van der Waals surface area contributed by atoms with Gasteiger partial charge in [0.05, 0.1) is 0 Å². The molecule has 3 atom stereocenters. The average molecular weight is 168 g/mol. The van der Waals surface area contributed by atoms with Gasteiger partial charge in [-0.05, 0) is 30.6 Å². The standard InChI is InChI=1S/C12H24/c1-4-6-7-8-12-10(3)9-11(12)5-2/h10-12H,4-9H2,1-3H3. The molecule has 0 saturated heterocycles. The Bertz CT molecular complexity index is 117. The van der Waals surface area contributed by atoms with E-state index in [-0.39, 0.29) is 0 Å². The van der Waals surface area contributed by atoms with Crippen molar-refractivity contribution in [2.45, 2.75) is 59.3 Å². The van der Waals surface area contributed by atoms with Crippen LogP contribution in [-0.4, -0.2) is 0 Å². The van der Waals surface area contributed by atoms with Crippen molar-refractivity contribution in [3.63, 3.8) is 0 Å². The highest BCUT2D eigenvalue weighted by molar-refractivity contribution is 4.85. The second-order valence-electron chi connectivity index (χ2n) is 4.54. The Morgan fingerprint density at radius 3 is 2.42 bits per heavy atom. The normalized spacial score (nSPS) is 34.8. The van der Waals surface area contributed by atoms with Crippen LogP contribution in [0.5, 0.6) is 0 Å². The predicted octanol–water partition coefficient (Wildman–Crippen LogP) is 4.25. The Morgan fingerprint density at radius 1 is 1.17 bits per heavy atom. The second-order valence-corrected chi connectivity index (χ2v) is 4.54. The van der Waals surface area contributed by atoms with E-state index < -0.39 is 0 Å². The fourth-order valence-corrected chi connectivity index (χ4v) is 2.72. The van der Waals surface area contributed by atoms with Gasteiger partial charge in [0.1, 0.15) is 0 Å². The first kappa shape index (κ1) is 10.1. The summed E-state index contributed by atoms with van der Waals surface area (Å²) in [5, 5.41) is 0. The summed E-state index contributed by atoms with van der Waals surface area (Å²) in [6, 6.07) is 0. The Labute approximate surface area is 77.7 Å². The molecule has 0 spiro atoms. The molecule has 0 amide bonds. The topological polar surface area (TPSA) is 0 Å². The lowest BCUT2D eigenvalue weighted by Crippen LogP contribution is -2.34. The predicted molar refractivity (Wildman–Crippen MR) is 55.2 cm³/mol. The molecule has 0 heteroatoms. The van der Waals surface area contributed by atoms with Crippen molar-refractivity contribution in [1.29, 1.82) is 0 Å². The molecule has 0 aromatic heterocycles. The quantitative estimate of drug-likeness (QED) is 0.538. The molecule has 1 fully saturated rings. The summed E-state index contributed by atoms with van der Waals surface area (Å²) in [4.78, 5) is 0. The van der Waals surface area contributed by atoms with Crippen molar-refractivity contribution in [2.75, 3.05) is 0 Å². The fraction of sp³-hybridized carbons (Fsp3) is 1.00. The van der Waals surface area contributed by atoms with Gasteiger partial charge in [-0.15, -0.1) is 0 Å². The average Bonchev–Trinajstić information content (AvgIpc) is 2.08. The van der Waals surface area contributed by atoms with Gasteiger partial charge < -0.3 is 0 Å². The molecule has 3 unspecified atom stereocenters. The van der Waals surface area contributed by atoms with Crippen molar-refractivity contribution in [2.24, 2.45) is 17.8 Å². The molecule has 1 saturated carbocycles. The van der Waals surface area contributed by atoms with E-state index in [1.165, 1.54) is 38.5 Å². The van der Waals surface area contributed by atoms with Gasteiger partial charge in [0, 0.05) is 0 Å². The molecular formula is C12H24. The zero-order chi connectivity index (χ0) is 8.97. The summed E-state index contributed by atoms with van der Waals surface area (Å²) in [5.41, 5.74) is 0. The van der Waals surface area contributed by atoms with Crippen LogP contribution in [0.15, 0.2) is 0 Å². The third kappa shape index (κ3) is 2.24. The highest BCUT2D eigenvalue weighted by Gasteiger charge is 2.35. The van der Waals surface area contributed by atoms with E-state index in [0.29, 0.717) is 0 Å². The molecule has 0 nitrogen and oxygen atoms in total. The van der Waals surface area contributed by atoms with E-state index in [1.54, 1.807) is 0 Å². The zero-order valence-corrected chi connectivity index (χ0v) is 8.97. The van der Waals surface area contributed by atoms with Gasteiger partial charge in [0.15, 0.2) is 0 Å². The van der Waals surface area contributed by atoms with Gasteiger partial charge in [-0.2, -0.15) is 0 Å². The van der Waals surface area contributed by atoms with Gasteiger partial charge in [-0.25, -0.2) is 0 Å². The molecule has 0 radical (unpaired) electrons. The summed E-state index contributed by atoms with van der Waals surface area (Å²) in [7, 11) is 0. The van der Waals surface area contributed by atoms with E-state index in [1.807, 2.05) is 0 Å². The highest BCUT2D eigenvalue weighted by Crippen LogP contribution is 2.44. The first-order valence-electron chi connectivity index (χ1n) is 5.79. The van der Waals surface area contributed by atoms with Crippen LogP contribution in [-0.2, 0) is 0 Å². The van der Waals surface area contributed by atoms with Crippen molar-refractivity contribution < 1.29 is 0 Å². The third-order valence-corrected chi connectivity index (χ3v) is 3.68. The second kappa shape index (κ2) is 4.89. The van der Waals surface area contributed by atoms with Crippen LogP contribution < -0.4 is 0 Å². The van der Waals surface area contributed by atoms with Gasteiger partial charge in [0.2, 0.25) is 0 Å². The SMILES string of the molecule is CCCCCC1C(C)CC1CC. The molecule has 0 heterocycles. The largest absolute Gasteiger partial charge is 0.0654 e. The summed E-state index contributed by atoms with van der Waals surface area (Å²) in [6.45, 7) is 7.08. The van der Waals surface area contributed by atoms with Crippen LogP contribution in [0.2, 0.25) is 0 Å². The lowest BCUT2D eigenvalue weighted by Gasteiger charge is -2.43. The van der Waals surface area contributed by atoms with Gasteiger partial charge in [0.25, 0.3) is 0 Å². The van der Waals surface area contributed by atoms with E-state index in [4.69, 9.17) is 0 Å².